The molecule has 1 aliphatic heterocycles. The lowest BCUT2D eigenvalue weighted by molar-refractivity contribution is 0.284. The molecule has 1 aromatic carbocycles. The Morgan fingerprint density at radius 1 is 1.47 bits per heavy atom. The summed E-state index contributed by atoms with van der Waals surface area (Å²) in [6.45, 7) is 3.88. The summed E-state index contributed by atoms with van der Waals surface area (Å²) >= 11 is 0. The fourth-order valence-electron chi connectivity index (χ4n) is 2.22. The van der Waals surface area contributed by atoms with Crippen LogP contribution in [0.15, 0.2) is 18.2 Å². The quantitative estimate of drug-likeness (QED) is 0.747. The van der Waals surface area contributed by atoms with Gasteiger partial charge < -0.3 is 9.30 Å². The summed E-state index contributed by atoms with van der Waals surface area (Å²) in [5, 5.41) is 0. The fraction of sp³-hybridized carbons (Fsp3) is 0.417. The third-order valence-corrected chi connectivity index (χ3v) is 2.85. The molecule has 0 unspecified atom stereocenters. The fourth-order valence-corrected chi connectivity index (χ4v) is 2.22. The van der Waals surface area contributed by atoms with Crippen LogP contribution in [0.25, 0.3) is 11.0 Å². The van der Waals surface area contributed by atoms with Gasteiger partial charge in [-0.25, -0.2) is 4.98 Å². The molecule has 3 nitrogen and oxygen atoms in total. The van der Waals surface area contributed by atoms with Crippen LogP contribution >= 0.6 is 0 Å². The summed E-state index contributed by atoms with van der Waals surface area (Å²) in [4.78, 5) is 4.66. The largest absolute Gasteiger partial charge is 0.489 e. The lowest BCUT2D eigenvalue weighted by Crippen LogP contribution is -2.16. The maximum absolute atomic E-state index is 5.63. The average Bonchev–Trinajstić information content (AvgIpc) is 2.61. The number of benzene rings is 1. The molecular weight excluding hydrogens is 188 g/mol. The molecule has 0 aliphatic carbocycles. The number of nitrogens with zero attached hydrogens (tertiary/aromatic N) is 2. The van der Waals surface area contributed by atoms with E-state index < -0.39 is 0 Å². The topological polar surface area (TPSA) is 27.1 Å². The van der Waals surface area contributed by atoms with Crippen LogP contribution in [0.4, 0.5) is 0 Å². The molecule has 3 heteroatoms. The van der Waals surface area contributed by atoms with Crippen LogP contribution in [0.5, 0.6) is 5.75 Å². The molecule has 0 atom stereocenters. The third kappa shape index (κ3) is 1.23. The van der Waals surface area contributed by atoms with E-state index in [-0.39, 0.29) is 0 Å². The monoisotopic (exact) mass is 202 g/mol. The van der Waals surface area contributed by atoms with Gasteiger partial charge in [0.15, 0.2) is 0 Å². The van der Waals surface area contributed by atoms with Gasteiger partial charge in [-0.15, -0.1) is 0 Å². The van der Waals surface area contributed by atoms with Crippen molar-refractivity contribution >= 4 is 11.0 Å². The maximum atomic E-state index is 5.63. The molecule has 2 aromatic rings. The molecule has 0 N–H and O–H groups in total. The van der Waals surface area contributed by atoms with Gasteiger partial charge in [-0.05, 0) is 18.6 Å². The van der Waals surface area contributed by atoms with E-state index in [4.69, 9.17) is 4.74 Å². The highest BCUT2D eigenvalue weighted by Gasteiger charge is 2.17. The molecule has 0 saturated heterocycles. The molecule has 0 saturated carbocycles. The van der Waals surface area contributed by atoms with Gasteiger partial charge in [0, 0.05) is 6.42 Å². The Balaban J connectivity index is 2.28. The SMILES string of the molecule is CCCc1nc2cccc3c2n1CCO3. The van der Waals surface area contributed by atoms with Crippen LogP contribution in [-0.4, -0.2) is 16.2 Å². The zero-order valence-corrected chi connectivity index (χ0v) is 8.86. The highest BCUT2D eigenvalue weighted by molar-refractivity contribution is 5.83. The minimum Gasteiger partial charge on any atom is -0.489 e. The van der Waals surface area contributed by atoms with Crippen molar-refractivity contribution in [3.05, 3.63) is 24.0 Å². The van der Waals surface area contributed by atoms with Crippen LogP contribution in [0.2, 0.25) is 0 Å². The number of para-hydroxylation sites is 1. The van der Waals surface area contributed by atoms with Gasteiger partial charge >= 0.3 is 0 Å². The molecule has 1 aliphatic rings. The van der Waals surface area contributed by atoms with Crippen molar-refractivity contribution in [1.29, 1.82) is 0 Å². The van der Waals surface area contributed by atoms with Crippen LogP contribution in [0, 0.1) is 0 Å². The van der Waals surface area contributed by atoms with Crippen molar-refractivity contribution in [2.75, 3.05) is 6.61 Å². The molecule has 2 heterocycles. The number of hydrogen-bond acceptors (Lipinski definition) is 2. The van der Waals surface area contributed by atoms with Gasteiger partial charge in [0.05, 0.1) is 12.1 Å². The Morgan fingerprint density at radius 3 is 3.27 bits per heavy atom. The first-order valence-electron chi connectivity index (χ1n) is 5.51. The zero-order chi connectivity index (χ0) is 10.3. The molecule has 0 amide bonds. The number of ether oxygens (including phenoxy) is 1. The minimum absolute atomic E-state index is 0.763. The second kappa shape index (κ2) is 3.26. The summed E-state index contributed by atoms with van der Waals surface area (Å²) in [5.41, 5.74) is 2.24. The first-order valence-corrected chi connectivity index (χ1v) is 5.51. The predicted octanol–water partition coefficient (Wildman–Crippen LogP) is 2.38. The van der Waals surface area contributed by atoms with Crippen molar-refractivity contribution in [2.24, 2.45) is 0 Å². The van der Waals surface area contributed by atoms with E-state index in [0.717, 1.165) is 37.3 Å². The summed E-state index contributed by atoms with van der Waals surface area (Å²) in [6.07, 6.45) is 2.19. The summed E-state index contributed by atoms with van der Waals surface area (Å²) in [6, 6.07) is 6.09. The second-order valence-corrected chi connectivity index (χ2v) is 3.90. The predicted molar refractivity (Wildman–Crippen MR) is 59.2 cm³/mol. The normalized spacial score (nSPS) is 14.2. The smallest absolute Gasteiger partial charge is 0.145 e. The van der Waals surface area contributed by atoms with E-state index >= 15 is 0 Å². The molecule has 1 aromatic heterocycles. The summed E-state index contributed by atoms with van der Waals surface area (Å²) < 4.78 is 7.93. The Hall–Kier alpha value is -1.51. The van der Waals surface area contributed by atoms with E-state index in [2.05, 4.69) is 22.5 Å². The van der Waals surface area contributed by atoms with Gasteiger partial charge in [0.2, 0.25) is 0 Å². The van der Waals surface area contributed by atoms with Gasteiger partial charge in [0.1, 0.15) is 23.7 Å². The number of hydrogen-bond donors (Lipinski definition) is 0. The first-order chi connectivity index (χ1) is 7.40. The lowest BCUT2D eigenvalue weighted by atomic mass is 10.2. The van der Waals surface area contributed by atoms with Crippen molar-refractivity contribution in [1.82, 2.24) is 9.55 Å². The Bertz CT molecular complexity index is 502. The highest BCUT2D eigenvalue weighted by Crippen LogP contribution is 2.29. The van der Waals surface area contributed by atoms with Crippen LogP contribution < -0.4 is 4.74 Å². The molecule has 0 fully saturated rings. The Labute approximate surface area is 88.7 Å². The van der Waals surface area contributed by atoms with Crippen LogP contribution in [0.1, 0.15) is 19.2 Å². The van der Waals surface area contributed by atoms with E-state index in [1.165, 1.54) is 11.3 Å². The molecule has 0 bridgehead atoms. The minimum atomic E-state index is 0.763. The zero-order valence-electron chi connectivity index (χ0n) is 8.86. The number of aromatic nitrogens is 2. The van der Waals surface area contributed by atoms with Crippen LogP contribution in [0.3, 0.4) is 0 Å². The van der Waals surface area contributed by atoms with E-state index in [9.17, 15) is 0 Å². The van der Waals surface area contributed by atoms with Crippen molar-refractivity contribution in [3.8, 4) is 5.75 Å². The maximum Gasteiger partial charge on any atom is 0.145 e. The van der Waals surface area contributed by atoms with Gasteiger partial charge in [-0.1, -0.05) is 13.0 Å². The van der Waals surface area contributed by atoms with E-state index in [1.807, 2.05) is 12.1 Å². The standard InChI is InChI=1S/C12H14N2O/c1-2-4-11-13-9-5-3-6-10-12(9)14(11)7-8-15-10/h3,5-6H,2,4,7-8H2,1H3. The molecule has 15 heavy (non-hydrogen) atoms. The molecule has 78 valence electrons. The molecular formula is C12H14N2O. The van der Waals surface area contributed by atoms with Crippen molar-refractivity contribution < 1.29 is 4.74 Å². The number of imidazole rings is 1. The van der Waals surface area contributed by atoms with Gasteiger partial charge in [0.25, 0.3) is 0 Å². The number of aryl methyl sites for hydroxylation is 1. The van der Waals surface area contributed by atoms with Crippen molar-refractivity contribution in [3.63, 3.8) is 0 Å². The second-order valence-electron chi connectivity index (χ2n) is 3.90. The van der Waals surface area contributed by atoms with Gasteiger partial charge in [-0.2, -0.15) is 0 Å². The number of rotatable bonds is 2. The summed E-state index contributed by atoms with van der Waals surface area (Å²) in [5.74, 6) is 2.18. The molecule has 0 radical (unpaired) electrons. The third-order valence-electron chi connectivity index (χ3n) is 2.85. The van der Waals surface area contributed by atoms with E-state index in [0.29, 0.717) is 0 Å². The first kappa shape index (κ1) is 8.77. The lowest BCUT2D eigenvalue weighted by Gasteiger charge is -2.17. The Kier molecular flexibility index (Phi) is 1.91. The van der Waals surface area contributed by atoms with Crippen LogP contribution in [-0.2, 0) is 13.0 Å². The molecule has 0 spiro atoms. The Morgan fingerprint density at radius 2 is 2.40 bits per heavy atom. The highest BCUT2D eigenvalue weighted by atomic mass is 16.5. The van der Waals surface area contributed by atoms with E-state index in [1.54, 1.807) is 0 Å². The van der Waals surface area contributed by atoms with Gasteiger partial charge in [-0.3, -0.25) is 0 Å². The summed E-state index contributed by atoms with van der Waals surface area (Å²) in [7, 11) is 0. The average molecular weight is 202 g/mol. The molecule has 3 rings (SSSR count). The van der Waals surface area contributed by atoms with Crippen molar-refractivity contribution in [2.45, 2.75) is 26.3 Å².